The average Bonchev–Trinajstić information content (AvgIpc) is 2.69. The van der Waals surface area contributed by atoms with Crippen LogP contribution < -0.4 is 5.32 Å². The number of hydrogen-bond acceptors (Lipinski definition) is 4. The fraction of sp³-hybridized carbons (Fsp3) is 0.500. The molecule has 0 aromatic heterocycles. The van der Waals surface area contributed by atoms with Gasteiger partial charge >= 0.3 is 0 Å². The van der Waals surface area contributed by atoms with Gasteiger partial charge in [0.2, 0.25) is 5.91 Å². The maximum absolute atomic E-state index is 12.0. The lowest BCUT2D eigenvalue weighted by molar-refractivity contribution is -0.383. The van der Waals surface area contributed by atoms with Crippen molar-refractivity contribution < 1.29 is 9.72 Å². The number of nitrogens with one attached hydrogen (secondary N) is 1. The molecule has 7 heteroatoms. The van der Waals surface area contributed by atoms with E-state index in [1.807, 2.05) is 0 Å². The van der Waals surface area contributed by atoms with Crippen LogP contribution in [0.5, 0.6) is 0 Å². The maximum atomic E-state index is 12.0. The molecule has 1 amide bonds. The molecule has 1 aromatic rings. The van der Waals surface area contributed by atoms with Gasteiger partial charge in [-0.1, -0.05) is 24.4 Å². The molecular weight excluding hydrogens is 294 g/mol. The normalized spacial score (nSPS) is 16.2. The lowest BCUT2D eigenvalue weighted by Gasteiger charge is -2.18. The van der Waals surface area contributed by atoms with E-state index < -0.39 is 4.92 Å². The minimum atomic E-state index is -0.548. The third kappa shape index (κ3) is 4.68. The lowest BCUT2D eigenvalue weighted by atomic mass is 10.2. The number of amides is 1. The molecule has 1 heterocycles. The maximum Gasteiger partial charge on any atom is 0.294 e. The fourth-order valence-electron chi connectivity index (χ4n) is 2.45. The van der Waals surface area contributed by atoms with Gasteiger partial charge in [0.05, 0.1) is 11.5 Å². The second-order valence-electron chi connectivity index (χ2n) is 5.16. The summed E-state index contributed by atoms with van der Waals surface area (Å²) in [5.74, 6) is -0.234. The van der Waals surface area contributed by atoms with Gasteiger partial charge in [-0.05, 0) is 38.1 Å². The quantitative estimate of drug-likeness (QED) is 0.685. The van der Waals surface area contributed by atoms with Crippen molar-refractivity contribution in [1.29, 1.82) is 0 Å². The number of carbonyl (C=O) groups excluding carboxylic acids is 1. The molecule has 0 saturated carbocycles. The molecular formula is C14H18ClN3O3. The van der Waals surface area contributed by atoms with Crippen LogP contribution in [0.15, 0.2) is 18.2 Å². The van der Waals surface area contributed by atoms with Crippen LogP contribution in [0, 0.1) is 10.1 Å². The number of nitrogens with zero attached hydrogens (tertiary/aromatic N) is 2. The third-order valence-corrected chi connectivity index (χ3v) is 3.73. The van der Waals surface area contributed by atoms with Crippen LogP contribution in [-0.4, -0.2) is 35.4 Å². The first-order valence-corrected chi connectivity index (χ1v) is 7.40. The number of carbonyl (C=O) groups is 1. The van der Waals surface area contributed by atoms with E-state index in [9.17, 15) is 14.9 Å². The number of nitro benzene ring substituents is 1. The number of anilines is 1. The highest BCUT2D eigenvalue weighted by molar-refractivity contribution is 6.31. The van der Waals surface area contributed by atoms with E-state index in [1.54, 1.807) is 0 Å². The molecule has 2 rings (SSSR count). The van der Waals surface area contributed by atoms with E-state index in [0.29, 0.717) is 0 Å². The van der Waals surface area contributed by atoms with Gasteiger partial charge in [-0.25, -0.2) is 0 Å². The first-order valence-electron chi connectivity index (χ1n) is 7.02. The highest BCUT2D eigenvalue weighted by Gasteiger charge is 2.18. The lowest BCUT2D eigenvalue weighted by Crippen LogP contribution is -2.34. The van der Waals surface area contributed by atoms with Crippen molar-refractivity contribution in [3.05, 3.63) is 33.3 Å². The van der Waals surface area contributed by atoms with Crippen molar-refractivity contribution in [2.45, 2.75) is 25.7 Å². The van der Waals surface area contributed by atoms with Crippen LogP contribution >= 0.6 is 11.6 Å². The summed E-state index contributed by atoms with van der Waals surface area (Å²) in [6.07, 6.45) is 4.57. The summed E-state index contributed by atoms with van der Waals surface area (Å²) in [5.41, 5.74) is -0.00376. The first kappa shape index (κ1) is 15.7. The molecule has 0 unspecified atom stereocenters. The van der Waals surface area contributed by atoms with Crippen LogP contribution in [0.1, 0.15) is 25.7 Å². The Morgan fingerprint density at radius 1 is 1.29 bits per heavy atom. The highest BCUT2D eigenvalue weighted by Crippen LogP contribution is 2.27. The van der Waals surface area contributed by atoms with Gasteiger partial charge in [0.1, 0.15) is 5.69 Å². The standard InChI is InChI=1S/C14H18ClN3O3/c15-11-5-6-12(13(9-11)18(20)21)16-14(19)10-17-7-3-1-2-4-8-17/h5-6,9H,1-4,7-8,10H2,(H,16,19). The minimum Gasteiger partial charge on any atom is -0.319 e. The van der Waals surface area contributed by atoms with E-state index in [0.717, 1.165) is 25.9 Å². The van der Waals surface area contributed by atoms with E-state index >= 15 is 0 Å². The SMILES string of the molecule is O=C(CN1CCCCCC1)Nc1ccc(Cl)cc1[N+](=O)[O-]. The predicted molar refractivity (Wildman–Crippen MR) is 81.6 cm³/mol. The molecule has 1 fully saturated rings. The van der Waals surface area contributed by atoms with Gasteiger partial charge in [-0.3, -0.25) is 19.8 Å². The molecule has 0 atom stereocenters. The van der Waals surface area contributed by atoms with Crippen molar-refractivity contribution in [2.24, 2.45) is 0 Å². The van der Waals surface area contributed by atoms with Gasteiger partial charge in [0, 0.05) is 11.1 Å². The molecule has 114 valence electrons. The number of rotatable bonds is 4. The second-order valence-corrected chi connectivity index (χ2v) is 5.59. The van der Waals surface area contributed by atoms with E-state index in [-0.39, 0.29) is 28.8 Å². The summed E-state index contributed by atoms with van der Waals surface area (Å²) in [4.78, 5) is 24.6. The molecule has 1 N–H and O–H groups in total. The van der Waals surface area contributed by atoms with Crippen LogP contribution in [0.25, 0.3) is 0 Å². The number of hydrogen-bond donors (Lipinski definition) is 1. The zero-order chi connectivity index (χ0) is 15.2. The topological polar surface area (TPSA) is 75.5 Å². The molecule has 0 aliphatic carbocycles. The average molecular weight is 312 g/mol. The van der Waals surface area contributed by atoms with E-state index in [4.69, 9.17) is 11.6 Å². The van der Waals surface area contributed by atoms with Crippen LogP contribution in [-0.2, 0) is 4.79 Å². The summed E-state index contributed by atoms with van der Waals surface area (Å²) in [6, 6.07) is 4.22. The second kappa shape index (κ2) is 7.38. The number of benzene rings is 1. The summed E-state index contributed by atoms with van der Waals surface area (Å²) in [7, 11) is 0. The highest BCUT2D eigenvalue weighted by atomic mass is 35.5. The van der Waals surface area contributed by atoms with Crippen LogP contribution in [0.2, 0.25) is 5.02 Å². The Balaban J connectivity index is 2.00. The Morgan fingerprint density at radius 2 is 1.95 bits per heavy atom. The summed E-state index contributed by atoms with van der Waals surface area (Å²) in [6.45, 7) is 2.06. The molecule has 0 spiro atoms. The van der Waals surface area contributed by atoms with Crippen molar-refractivity contribution in [2.75, 3.05) is 25.0 Å². The van der Waals surface area contributed by atoms with Gasteiger partial charge in [-0.15, -0.1) is 0 Å². The van der Waals surface area contributed by atoms with Gasteiger partial charge in [-0.2, -0.15) is 0 Å². The molecule has 1 saturated heterocycles. The predicted octanol–water partition coefficient (Wildman–Crippen LogP) is 3.06. The molecule has 1 aromatic carbocycles. The van der Waals surface area contributed by atoms with Crippen molar-refractivity contribution >= 4 is 28.9 Å². The fourth-order valence-corrected chi connectivity index (χ4v) is 2.62. The van der Waals surface area contributed by atoms with E-state index in [1.165, 1.54) is 31.0 Å². The molecule has 0 radical (unpaired) electrons. The minimum absolute atomic E-state index is 0.184. The van der Waals surface area contributed by atoms with Crippen LogP contribution in [0.4, 0.5) is 11.4 Å². The molecule has 1 aliphatic heterocycles. The Morgan fingerprint density at radius 3 is 2.57 bits per heavy atom. The Hall–Kier alpha value is -1.66. The number of likely N-dealkylation sites (tertiary alicyclic amines) is 1. The third-order valence-electron chi connectivity index (χ3n) is 3.50. The van der Waals surface area contributed by atoms with Crippen molar-refractivity contribution in [3.8, 4) is 0 Å². The van der Waals surface area contributed by atoms with E-state index in [2.05, 4.69) is 10.2 Å². The zero-order valence-electron chi connectivity index (χ0n) is 11.7. The number of nitro groups is 1. The van der Waals surface area contributed by atoms with Crippen molar-refractivity contribution in [3.63, 3.8) is 0 Å². The zero-order valence-corrected chi connectivity index (χ0v) is 12.4. The first-order chi connectivity index (χ1) is 10.1. The Kier molecular flexibility index (Phi) is 5.52. The summed E-state index contributed by atoms with van der Waals surface area (Å²) in [5, 5.41) is 13.9. The monoisotopic (exact) mass is 311 g/mol. The number of halogens is 1. The summed E-state index contributed by atoms with van der Waals surface area (Å²) >= 11 is 5.75. The van der Waals surface area contributed by atoms with Gasteiger partial charge in [0.15, 0.2) is 0 Å². The smallest absolute Gasteiger partial charge is 0.294 e. The van der Waals surface area contributed by atoms with Gasteiger partial charge < -0.3 is 5.32 Å². The molecule has 0 bridgehead atoms. The largest absolute Gasteiger partial charge is 0.319 e. The Labute approximate surface area is 128 Å². The molecule has 21 heavy (non-hydrogen) atoms. The summed E-state index contributed by atoms with van der Waals surface area (Å²) < 4.78 is 0. The van der Waals surface area contributed by atoms with Crippen molar-refractivity contribution in [1.82, 2.24) is 4.90 Å². The molecule has 1 aliphatic rings. The molecule has 6 nitrogen and oxygen atoms in total. The van der Waals surface area contributed by atoms with Gasteiger partial charge in [0.25, 0.3) is 5.69 Å². The Bertz CT molecular complexity index is 528. The van der Waals surface area contributed by atoms with Crippen LogP contribution in [0.3, 0.4) is 0 Å².